The second kappa shape index (κ2) is 11.5. The van der Waals surface area contributed by atoms with E-state index in [0.29, 0.717) is 0 Å². The maximum atomic E-state index is 9.50. The third-order valence-corrected chi connectivity index (χ3v) is 5.66. The Balaban J connectivity index is 0.00000171. The first kappa shape index (κ1) is 25.1. The van der Waals surface area contributed by atoms with Crippen molar-refractivity contribution in [3.8, 4) is 22.8 Å². The fraction of sp³-hybridized carbons (Fsp3) is 0.318. The number of nitrogens with zero attached hydrogens (tertiary/aromatic N) is 3. The smallest absolute Gasteiger partial charge is 0.142 e. The van der Waals surface area contributed by atoms with Gasteiger partial charge in [0.05, 0.1) is 24.7 Å². The molecule has 1 aromatic heterocycles. The number of aromatic nitrogens is 2. The number of rotatable bonds is 6. The highest BCUT2D eigenvalue weighted by Gasteiger charge is 2.20. The van der Waals surface area contributed by atoms with E-state index in [1.165, 1.54) is 5.56 Å². The lowest BCUT2D eigenvalue weighted by Gasteiger charge is -2.36. The van der Waals surface area contributed by atoms with Crippen LogP contribution in [0.2, 0.25) is 5.02 Å². The van der Waals surface area contributed by atoms with Crippen molar-refractivity contribution in [2.75, 3.05) is 44.7 Å². The molecule has 2 aromatic carbocycles. The molecule has 0 spiro atoms. The predicted molar refractivity (Wildman–Crippen MR) is 131 cm³/mol. The molecule has 2 N–H and O–H groups in total. The lowest BCUT2D eigenvalue weighted by Crippen LogP contribution is -2.47. The Morgan fingerprint density at radius 1 is 1.06 bits per heavy atom. The van der Waals surface area contributed by atoms with Gasteiger partial charge in [0, 0.05) is 43.3 Å². The summed E-state index contributed by atoms with van der Waals surface area (Å²) in [5.74, 6) is 1.13. The lowest BCUT2D eigenvalue weighted by molar-refractivity contribution is 0.260. The largest absolute Gasteiger partial charge is 0.508 e. The molecule has 4 rings (SSSR count). The van der Waals surface area contributed by atoms with Crippen molar-refractivity contribution < 1.29 is 9.84 Å². The summed E-state index contributed by atoms with van der Waals surface area (Å²) in [6.45, 7) is 4.83. The standard InChI is InChI=1S/C22H25ClN4O2.2ClH/c1-29-21-7-4-18(23)14-20(21)27-12-10-26(11-13-27)9-8-17-15-24-25-22(17)16-2-5-19(28)6-3-16;;/h2-7,14-15,28H,8-13H2,1H3,(H,24,25);2*1H. The number of hydrogen-bond acceptors (Lipinski definition) is 5. The number of benzene rings is 2. The van der Waals surface area contributed by atoms with Crippen LogP contribution in [-0.2, 0) is 6.42 Å². The molecule has 0 amide bonds. The number of piperazine rings is 1. The molecule has 1 fully saturated rings. The molecule has 1 saturated heterocycles. The van der Waals surface area contributed by atoms with Crippen LogP contribution in [0, 0.1) is 0 Å². The van der Waals surface area contributed by atoms with Crippen molar-refractivity contribution in [2.24, 2.45) is 0 Å². The van der Waals surface area contributed by atoms with Gasteiger partial charge in [0.2, 0.25) is 0 Å². The quantitative estimate of drug-likeness (QED) is 0.532. The van der Waals surface area contributed by atoms with Gasteiger partial charge in [-0.05, 0) is 54.4 Å². The van der Waals surface area contributed by atoms with Gasteiger partial charge in [-0.25, -0.2) is 0 Å². The van der Waals surface area contributed by atoms with E-state index in [1.54, 1.807) is 19.2 Å². The first-order chi connectivity index (χ1) is 14.1. The molecule has 0 saturated carbocycles. The number of halogens is 3. The zero-order valence-electron chi connectivity index (χ0n) is 17.3. The molecule has 9 heteroatoms. The molecule has 6 nitrogen and oxygen atoms in total. The lowest BCUT2D eigenvalue weighted by atomic mass is 10.1. The maximum absolute atomic E-state index is 9.50. The zero-order valence-corrected chi connectivity index (χ0v) is 19.6. The SMILES string of the molecule is COc1ccc(Cl)cc1N1CCN(CCc2cn[nH]c2-c2ccc(O)cc2)CC1.Cl.Cl. The van der Waals surface area contributed by atoms with E-state index < -0.39 is 0 Å². The first-order valence-corrected chi connectivity index (χ1v) is 10.1. The van der Waals surface area contributed by atoms with E-state index in [9.17, 15) is 5.11 Å². The maximum Gasteiger partial charge on any atom is 0.142 e. The molecule has 2 heterocycles. The number of phenols is 1. The summed E-state index contributed by atoms with van der Waals surface area (Å²) >= 11 is 6.19. The Hall–Kier alpha value is -2.12. The highest BCUT2D eigenvalue weighted by molar-refractivity contribution is 6.30. The van der Waals surface area contributed by atoms with Crippen molar-refractivity contribution in [3.63, 3.8) is 0 Å². The van der Waals surface area contributed by atoms with Crippen LogP contribution in [0.15, 0.2) is 48.7 Å². The van der Waals surface area contributed by atoms with Gasteiger partial charge in [0.15, 0.2) is 0 Å². The summed E-state index contributed by atoms with van der Waals surface area (Å²) in [5, 5.41) is 17.5. The number of nitrogens with one attached hydrogen (secondary N) is 1. The molecule has 0 aliphatic carbocycles. The van der Waals surface area contributed by atoms with Crippen molar-refractivity contribution in [1.29, 1.82) is 0 Å². The number of anilines is 1. The number of aromatic hydroxyl groups is 1. The number of ether oxygens (including phenoxy) is 1. The molecular formula is C22H27Cl3N4O2. The summed E-state index contributed by atoms with van der Waals surface area (Å²) in [6, 6.07) is 13.0. The number of hydrogen-bond donors (Lipinski definition) is 2. The molecule has 1 aliphatic rings. The second-order valence-electron chi connectivity index (χ2n) is 7.21. The number of phenolic OH excluding ortho intramolecular Hbond substituents is 1. The van der Waals surface area contributed by atoms with Crippen LogP contribution in [0.5, 0.6) is 11.5 Å². The Kier molecular flexibility index (Phi) is 9.32. The van der Waals surface area contributed by atoms with Gasteiger partial charge in [0.25, 0.3) is 0 Å². The van der Waals surface area contributed by atoms with Gasteiger partial charge >= 0.3 is 0 Å². The van der Waals surface area contributed by atoms with Crippen molar-refractivity contribution >= 4 is 42.1 Å². The summed E-state index contributed by atoms with van der Waals surface area (Å²) in [5.41, 5.74) is 4.30. The number of H-pyrrole nitrogens is 1. The van der Waals surface area contributed by atoms with Crippen LogP contribution < -0.4 is 9.64 Å². The zero-order chi connectivity index (χ0) is 20.2. The Bertz CT molecular complexity index is 958. The van der Waals surface area contributed by atoms with E-state index in [-0.39, 0.29) is 30.6 Å². The normalized spacial score (nSPS) is 13.9. The molecule has 0 radical (unpaired) electrons. The number of aromatic amines is 1. The van der Waals surface area contributed by atoms with Crippen LogP contribution in [-0.4, -0.2) is 60.0 Å². The van der Waals surface area contributed by atoms with E-state index in [1.807, 2.05) is 36.5 Å². The monoisotopic (exact) mass is 484 g/mol. The van der Waals surface area contributed by atoms with Crippen LogP contribution in [0.4, 0.5) is 5.69 Å². The van der Waals surface area contributed by atoms with Crippen LogP contribution in [0.1, 0.15) is 5.56 Å². The van der Waals surface area contributed by atoms with Crippen LogP contribution in [0.3, 0.4) is 0 Å². The van der Waals surface area contributed by atoms with Crippen LogP contribution in [0.25, 0.3) is 11.3 Å². The van der Waals surface area contributed by atoms with Gasteiger partial charge in [-0.15, -0.1) is 24.8 Å². The molecule has 0 unspecified atom stereocenters. The summed E-state index contributed by atoms with van der Waals surface area (Å²) < 4.78 is 5.50. The van der Waals surface area contributed by atoms with Crippen molar-refractivity contribution in [1.82, 2.24) is 15.1 Å². The second-order valence-corrected chi connectivity index (χ2v) is 7.65. The molecule has 1 aliphatic heterocycles. The Morgan fingerprint density at radius 3 is 2.45 bits per heavy atom. The molecule has 31 heavy (non-hydrogen) atoms. The highest BCUT2D eigenvalue weighted by atomic mass is 35.5. The summed E-state index contributed by atoms with van der Waals surface area (Å²) in [4.78, 5) is 4.81. The minimum Gasteiger partial charge on any atom is -0.508 e. The van der Waals surface area contributed by atoms with Gasteiger partial charge in [-0.3, -0.25) is 10.00 Å². The summed E-state index contributed by atoms with van der Waals surface area (Å²) in [7, 11) is 1.69. The highest BCUT2D eigenvalue weighted by Crippen LogP contribution is 2.32. The molecule has 3 aromatic rings. The van der Waals surface area contributed by atoms with Gasteiger partial charge in [-0.1, -0.05) is 11.6 Å². The van der Waals surface area contributed by atoms with Gasteiger partial charge in [0.1, 0.15) is 11.5 Å². The van der Waals surface area contributed by atoms with Crippen LogP contribution >= 0.6 is 36.4 Å². The molecular weight excluding hydrogens is 459 g/mol. The molecule has 0 bridgehead atoms. The Labute approximate surface area is 200 Å². The molecule has 0 atom stereocenters. The molecule has 168 valence electrons. The Morgan fingerprint density at radius 2 is 1.77 bits per heavy atom. The number of methoxy groups -OCH3 is 1. The van der Waals surface area contributed by atoms with Gasteiger partial charge in [-0.2, -0.15) is 5.10 Å². The first-order valence-electron chi connectivity index (χ1n) is 9.76. The van der Waals surface area contributed by atoms with E-state index in [0.717, 1.165) is 66.9 Å². The fourth-order valence-electron chi connectivity index (χ4n) is 3.78. The average molecular weight is 486 g/mol. The third kappa shape index (κ3) is 5.98. The fourth-order valence-corrected chi connectivity index (χ4v) is 3.95. The predicted octanol–water partition coefficient (Wildman–Crippen LogP) is 4.65. The average Bonchev–Trinajstić information content (AvgIpc) is 3.22. The summed E-state index contributed by atoms with van der Waals surface area (Å²) in [6.07, 6.45) is 2.82. The van der Waals surface area contributed by atoms with E-state index in [2.05, 4.69) is 20.0 Å². The van der Waals surface area contributed by atoms with E-state index >= 15 is 0 Å². The van der Waals surface area contributed by atoms with E-state index in [4.69, 9.17) is 16.3 Å². The topological polar surface area (TPSA) is 64.6 Å². The minimum absolute atomic E-state index is 0. The van der Waals surface area contributed by atoms with Crippen molar-refractivity contribution in [3.05, 3.63) is 59.2 Å². The third-order valence-electron chi connectivity index (χ3n) is 5.43. The van der Waals surface area contributed by atoms with Gasteiger partial charge < -0.3 is 14.7 Å². The van der Waals surface area contributed by atoms with Crippen molar-refractivity contribution in [2.45, 2.75) is 6.42 Å². The minimum atomic E-state index is 0.